The Bertz CT molecular complexity index is 1040. The lowest BCUT2D eigenvalue weighted by Gasteiger charge is -2.18. The summed E-state index contributed by atoms with van der Waals surface area (Å²) in [5, 5.41) is 0. The molecule has 398 valence electrons. The largest absolute Gasteiger partial charge is 0.462 e. The average Bonchev–Trinajstić information content (AvgIpc) is 3.30. The van der Waals surface area contributed by atoms with Crippen LogP contribution in [0.1, 0.15) is 337 Å². The molecule has 0 bridgehead atoms. The number of rotatable bonds is 54. The van der Waals surface area contributed by atoms with E-state index in [1.807, 2.05) is 0 Å². The van der Waals surface area contributed by atoms with Crippen molar-refractivity contribution in [2.75, 3.05) is 13.2 Å². The molecule has 1 unspecified atom stereocenters. The highest BCUT2D eigenvalue weighted by molar-refractivity contribution is 5.71. The molecule has 0 aliphatic carbocycles. The first-order valence-corrected chi connectivity index (χ1v) is 30.1. The van der Waals surface area contributed by atoms with E-state index in [9.17, 15) is 14.4 Å². The molecule has 0 amide bonds. The molecule has 0 saturated heterocycles. The SMILES string of the molecule is CCC(C)CCCCCCCCCCC(=O)O[C@H](COC(=O)CCCCCCCCCCCCCCCCCCCCC(C)C)COC(=O)CCCCCCCCCCCCCCCC(C)C. The summed E-state index contributed by atoms with van der Waals surface area (Å²) >= 11 is 0. The van der Waals surface area contributed by atoms with E-state index in [1.165, 1.54) is 218 Å². The molecule has 2 atom stereocenters. The maximum atomic E-state index is 12.8. The Balaban J connectivity index is 4.24. The monoisotopic (exact) mass is 947 g/mol. The van der Waals surface area contributed by atoms with Crippen LogP contribution in [0.4, 0.5) is 0 Å². The third-order valence-corrected chi connectivity index (χ3v) is 14.3. The van der Waals surface area contributed by atoms with E-state index in [2.05, 4.69) is 41.5 Å². The van der Waals surface area contributed by atoms with Gasteiger partial charge in [0.1, 0.15) is 13.2 Å². The summed E-state index contributed by atoms with van der Waals surface area (Å²) in [6.07, 6.45) is 55.3. The molecule has 0 aliphatic rings. The van der Waals surface area contributed by atoms with Gasteiger partial charge in [-0.15, -0.1) is 0 Å². The van der Waals surface area contributed by atoms with Crippen molar-refractivity contribution in [1.82, 2.24) is 0 Å². The Hall–Kier alpha value is -1.59. The zero-order valence-corrected chi connectivity index (χ0v) is 46.2. The predicted molar refractivity (Wildman–Crippen MR) is 289 cm³/mol. The van der Waals surface area contributed by atoms with Gasteiger partial charge in [-0.2, -0.15) is 0 Å². The molecular formula is C61H118O6. The van der Waals surface area contributed by atoms with Gasteiger partial charge in [0.05, 0.1) is 0 Å². The molecule has 0 N–H and O–H groups in total. The molecule has 0 fully saturated rings. The van der Waals surface area contributed by atoms with E-state index in [0.29, 0.717) is 19.3 Å². The third-order valence-electron chi connectivity index (χ3n) is 14.3. The second kappa shape index (κ2) is 52.2. The third kappa shape index (κ3) is 53.6. The van der Waals surface area contributed by atoms with Crippen molar-refractivity contribution in [3.05, 3.63) is 0 Å². The van der Waals surface area contributed by atoms with Crippen LogP contribution in [-0.4, -0.2) is 37.2 Å². The summed E-state index contributed by atoms with van der Waals surface area (Å²) in [6.45, 7) is 13.8. The summed E-state index contributed by atoms with van der Waals surface area (Å²) in [6, 6.07) is 0. The quantitative estimate of drug-likeness (QED) is 0.0343. The Morgan fingerprint density at radius 3 is 0.776 bits per heavy atom. The lowest BCUT2D eigenvalue weighted by Crippen LogP contribution is -2.30. The zero-order chi connectivity index (χ0) is 49.1. The second-order valence-corrected chi connectivity index (χ2v) is 22.2. The van der Waals surface area contributed by atoms with Crippen molar-refractivity contribution < 1.29 is 28.6 Å². The second-order valence-electron chi connectivity index (χ2n) is 22.2. The summed E-state index contributed by atoms with van der Waals surface area (Å²) in [7, 11) is 0. The van der Waals surface area contributed by atoms with Gasteiger partial charge in [0, 0.05) is 19.3 Å². The molecule has 0 aliphatic heterocycles. The van der Waals surface area contributed by atoms with Gasteiger partial charge in [-0.3, -0.25) is 14.4 Å². The molecule has 0 radical (unpaired) electrons. The van der Waals surface area contributed by atoms with Crippen LogP contribution in [0.3, 0.4) is 0 Å². The van der Waals surface area contributed by atoms with Gasteiger partial charge in [-0.1, -0.05) is 298 Å². The number of hydrogen-bond acceptors (Lipinski definition) is 6. The Morgan fingerprint density at radius 2 is 0.522 bits per heavy atom. The maximum Gasteiger partial charge on any atom is 0.306 e. The van der Waals surface area contributed by atoms with E-state index in [-0.39, 0.29) is 31.1 Å². The lowest BCUT2D eigenvalue weighted by atomic mass is 9.99. The van der Waals surface area contributed by atoms with E-state index < -0.39 is 6.10 Å². The van der Waals surface area contributed by atoms with Crippen LogP contribution in [0.2, 0.25) is 0 Å². The standard InChI is InChI=1S/C61H118O6/c1-7-57(6)49-43-37-31-27-28-34-40-46-52-61(64)67-58(54-66-60(63)51-45-39-33-26-22-18-14-16-20-24-30-36-42-48-56(4)5)53-65-59(62)50-44-38-32-25-21-17-13-11-9-8-10-12-15-19-23-29-35-41-47-55(2)3/h55-58H,7-54H2,1-6H3/t57?,58-/m1/s1. The van der Waals surface area contributed by atoms with Gasteiger partial charge in [0.2, 0.25) is 0 Å². The topological polar surface area (TPSA) is 78.9 Å². The van der Waals surface area contributed by atoms with Crippen molar-refractivity contribution in [2.45, 2.75) is 343 Å². The molecule has 0 spiro atoms. The Labute approximate surface area is 418 Å². The molecule has 67 heavy (non-hydrogen) atoms. The number of carbonyl (C=O) groups excluding carboxylic acids is 3. The normalized spacial score (nSPS) is 12.5. The highest BCUT2D eigenvalue weighted by atomic mass is 16.6. The van der Waals surface area contributed by atoms with Gasteiger partial charge in [0.15, 0.2) is 6.10 Å². The summed E-state index contributed by atoms with van der Waals surface area (Å²) < 4.78 is 16.9. The molecule has 6 heteroatoms. The highest BCUT2D eigenvalue weighted by Gasteiger charge is 2.19. The summed E-state index contributed by atoms with van der Waals surface area (Å²) in [5.41, 5.74) is 0. The number of ether oxygens (including phenoxy) is 3. The summed E-state index contributed by atoms with van der Waals surface area (Å²) in [4.78, 5) is 38.2. The first-order chi connectivity index (χ1) is 32.6. The molecule has 6 nitrogen and oxygen atoms in total. The van der Waals surface area contributed by atoms with Crippen LogP contribution in [0, 0.1) is 17.8 Å². The molecule has 0 aromatic carbocycles. The molecule has 0 aromatic rings. The predicted octanol–water partition coefficient (Wildman–Crippen LogP) is 19.9. The van der Waals surface area contributed by atoms with Crippen molar-refractivity contribution in [2.24, 2.45) is 17.8 Å². The van der Waals surface area contributed by atoms with Crippen LogP contribution >= 0.6 is 0 Å². The van der Waals surface area contributed by atoms with Crippen molar-refractivity contribution in [3.8, 4) is 0 Å². The minimum Gasteiger partial charge on any atom is -0.462 e. The maximum absolute atomic E-state index is 12.8. The van der Waals surface area contributed by atoms with E-state index in [4.69, 9.17) is 14.2 Å². The Morgan fingerprint density at radius 1 is 0.299 bits per heavy atom. The van der Waals surface area contributed by atoms with Gasteiger partial charge in [0.25, 0.3) is 0 Å². The van der Waals surface area contributed by atoms with Crippen molar-refractivity contribution in [3.63, 3.8) is 0 Å². The minimum atomic E-state index is -0.764. The fourth-order valence-electron chi connectivity index (χ4n) is 9.32. The van der Waals surface area contributed by atoms with Gasteiger partial charge in [-0.05, 0) is 37.0 Å². The molecular weight excluding hydrogens is 829 g/mol. The van der Waals surface area contributed by atoms with Crippen molar-refractivity contribution in [1.29, 1.82) is 0 Å². The zero-order valence-electron chi connectivity index (χ0n) is 46.2. The molecule has 0 heterocycles. The number of hydrogen-bond donors (Lipinski definition) is 0. The van der Waals surface area contributed by atoms with E-state index in [1.54, 1.807) is 0 Å². The highest BCUT2D eigenvalue weighted by Crippen LogP contribution is 2.19. The van der Waals surface area contributed by atoms with E-state index >= 15 is 0 Å². The lowest BCUT2D eigenvalue weighted by molar-refractivity contribution is -0.167. The van der Waals surface area contributed by atoms with Crippen molar-refractivity contribution >= 4 is 17.9 Å². The molecule has 0 rings (SSSR count). The van der Waals surface area contributed by atoms with Crippen LogP contribution in [0.5, 0.6) is 0 Å². The van der Waals surface area contributed by atoms with Gasteiger partial charge in [-0.25, -0.2) is 0 Å². The first kappa shape index (κ1) is 65.4. The fourth-order valence-corrected chi connectivity index (χ4v) is 9.32. The fraction of sp³-hybridized carbons (Fsp3) is 0.951. The molecule has 0 saturated carbocycles. The molecule has 0 aromatic heterocycles. The van der Waals surface area contributed by atoms with Crippen LogP contribution < -0.4 is 0 Å². The van der Waals surface area contributed by atoms with E-state index in [0.717, 1.165) is 75.5 Å². The van der Waals surface area contributed by atoms with Crippen LogP contribution in [-0.2, 0) is 28.6 Å². The number of esters is 3. The van der Waals surface area contributed by atoms with Crippen LogP contribution in [0.15, 0.2) is 0 Å². The number of carbonyl (C=O) groups is 3. The average molecular weight is 948 g/mol. The minimum absolute atomic E-state index is 0.0636. The Kier molecular flexibility index (Phi) is 51.0. The first-order valence-electron chi connectivity index (χ1n) is 30.1. The van der Waals surface area contributed by atoms with Gasteiger partial charge >= 0.3 is 17.9 Å². The smallest absolute Gasteiger partial charge is 0.306 e. The number of unbranched alkanes of at least 4 members (excludes halogenated alkanes) is 36. The van der Waals surface area contributed by atoms with Crippen LogP contribution in [0.25, 0.3) is 0 Å². The summed E-state index contributed by atoms with van der Waals surface area (Å²) in [5.74, 6) is 1.70. The van der Waals surface area contributed by atoms with Gasteiger partial charge < -0.3 is 14.2 Å².